The van der Waals surface area contributed by atoms with Crippen LogP contribution in [0.4, 0.5) is 0 Å². The van der Waals surface area contributed by atoms with Gasteiger partial charge in [0.05, 0.1) is 0 Å². The maximum Gasteiger partial charge on any atom is 0.157 e. The van der Waals surface area contributed by atoms with Crippen molar-refractivity contribution in [2.75, 3.05) is 13.6 Å². The van der Waals surface area contributed by atoms with E-state index in [1.807, 2.05) is 68.6 Å². The number of nitrogens with one attached hydrogen (secondary N) is 1. The second kappa shape index (κ2) is 9.15. The van der Waals surface area contributed by atoms with Gasteiger partial charge in [-0.05, 0) is 42.3 Å². The smallest absolute Gasteiger partial charge is 0.157 e. The van der Waals surface area contributed by atoms with E-state index in [0.29, 0.717) is 17.4 Å². The highest BCUT2D eigenvalue weighted by atomic mass is 35.5. The van der Waals surface area contributed by atoms with Gasteiger partial charge in [0.25, 0.3) is 0 Å². The fourth-order valence-corrected chi connectivity index (χ4v) is 2.98. The fraction of sp³-hybridized carbons (Fsp3) is 0.130. The molecule has 0 saturated carbocycles. The number of amidine groups is 2. The molecule has 0 atom stereocenters. The standard InChI is InChI=1S/C23H22ClN3/c1-3-26-23(27-22(25-2)18-13-15-19(24)16-14-18)21-12-8-7-11-20(21)17-9-5-4-6-10-17/h4-16H,3H2,1-2H3,(H,25,26,27). The van der Waals surface area contributed by atoms with E-state index in [-0.39, 0.29) is 0 Å². The minimum Gasteiger partial charge on any atom is -0.373 e. The van der Waals surface area contributed by atoms with Crippen molar-refractivity contribution in [2.24, 2.45) is 9.98 Å². The van der Waals surface area contributed by atoms with Crippen LogP contribution in [-0.4, -0.2) is 25.3 Å². The summed E-state index contributed by atoms with van der Waals surface area (Å²) in [4.78, 5) is 9.53. The van der Waals surface area contributed by atoms with Crippen LogP contribution in [0.25, 0.3) is 11.1 Å². The van der Waals surface area contributed by atoms with Crippen molar-refractivity contribution < 1.29 is 0 Å². The highest BCUT2D eigenvalue weighted by Crippen LogP contribution is 2.24. The Balaban J connectivity index is 2.09. The molecule has 0 aliphatic heterocycles. The van der Waals surface area contributed by atoms with E-state index in [2.05, 4.69) is 34.6 Å². The number of aliphatic imine (C=N–C) groups is 2. The molecule has 136 valence electrons. The number of benzene rings is 3. The SMILES string of the molecule is CC/N=C(\N=C(/NC)c1ccc(Cl)cc1)c1ccccc1-c1ccccc1. The summed E-state index contributed by atoms with van der Waals surface area (Å²) in [6, 6.07) is 26.1. The van der Waals surface area contributed by atoms with E-state index in [1.54, 1.807) is 0 Å². The monoisotopic (exact) mass is 375 g/mol. The first kappa shape index (κ1) is 18.9. The van der Waals surface area contributed by atoms with Crippen LogP contribution in [0.5, 0.6) is 0 Å². The van der Waals surface area contributed by atoms with Crippen LogP contribution in [0, 0.1) is 0 Å². The number of nitrogens with zero attached hydrogens (tertiary/aromatic N) is 2. The molecule has 0 bridgehead atoms. The second-order valence-electron chi connectivity index (χ2n) is 5.93. The van der Waals surface area contributed by atoms with Crippen molar-refractivity contribution in [1.29, 1.82) is 0 Å². The second-order valence-corrected chi connectivity index (χ2v) is 6.36. The molecular formula is C23H22ClN3. The van der Waals surface area contributed by atoms with Gasteiger partial charge in [0.15, 0.2) is 5.84 Å². The van der Waals surface area contributed by atoms with Crippen LogP contribution < -0.4 is 5.32 Å². The Morgan fingerprint density at radius 1 is 0.889 bits per heavy atom. The van der Waals surface area contributed by atoms with Gasteiger partial charge in [-0.2, -0.15) is 0 Å². The molecule has 3 nitrogen and oxygen atoms in total. The molecule has 27 heavy (non-hydrogen) atoms. The van der Waals surface area contributed by atoms with Crippen molar-refractivity contribution in [3.8, 4) is 11.1 Å². The Bertz CT molecular complexity index is 945. The zero-order valence-electron chi connectivity index (χ0n) is 15.5. The summed E-state index contributed by atoms with van der Waals surface area (Å²) in [6.07, 6.45) is 0. The number of rotatable bonds is 4. The zero-order valence-corrected chi connectivity index (χ0v) is 16.2. The minimum absolute atomic E-state index is 0.652. The van der Waals surface area contributed by atoms with E-state index < -0.39 is 0 Å². The lowest BCUT2D eigenvalue weighted by molar-refractivity contribution is 1.11. The lowest BCUT2D eigenvalue weighted by atomic mass is 9.99. The highest BCUT2D eigenvalue weighted by Gasteiger charge is 2.12. The average molecular weight is 376 g/mol. The summed E-state index contributed by atoms with van der Waals surface area (Å²) in [5.41, 5.74) is 4.22. The van der Waals surface area contributed by atoms with Gasteiger partial charge >= 0.3 is 0 Å². The molecule has 0 heterocycles. The van der Waals surface area contributed by atoms with Gasteiger partial charge in [-0.25, -0.2) is 4.99 Å². The molecule has 0 unspecified atom stereocenters. The summed E-state index contributed by atoms with van der Waals surface area (Å²) in [5, 5.41) is 3.88. The third-order valence-corrected chi connectivity index (χ3v) is 4.38. The van der Waals surface area contributed by atoms with E-state index >= 15 is 0 Å². The van der Waals surface area contributed by atoms with Gasteiger partial charge in [-0.15, -0.1) is 0 Å². The molecule has 3 rings (SSSR count). The van der Waals surface area contributed by atoms with Crippen LogP contribution in [0.15, 0.2) is 88.8 Å². The van der Waals surface area contributed by atoms with Crippen LogP contribution in [0.3, 0.4) is 0 Å². The topological polar surface area (TPSA) is 36.8 Å². The molecule has 0 aliphatic carbocycles. The Labute approximate surface area is 165 Å². The molecule has 0 amide bonds. The number of hydrogen-bond acceptors (Lipinski definition) is 1. The van der Waals surface area contributed by atoms with Gasteiger partial charge in [-0.1, -0.05) is 66.2 Å². The Morgan fingerprint density at radius 2 is 1.56 bits per heavy atom. The van der Waals surface area contributed by atoms with Gasteiger partial charge in [0, 0.05) is 29.7 Å². The molecule has 0 radical (unpaired) electrons. The molecule has 0 saturated heterocycles. The number of halogens is 1. The molecule has 0 aliphatic rings. The lowest BCUT2D eigenvalue weighted by Gasteiger charge is -2.12. The fourth-order valence-electron chi connectivity index (χ4n) is 2.86. The molecule has 3 aromatic carbocycles. The minimum atomic E-state index is 0.652. The van der Waals surface area contributed by atoms with Crippen LogP contribution >= 0.6 is 11.6 Å². The van der Waals surface area contributed by atoms with Crippen molar-refractivity contribution in [3.05, 3.63) is 95.0 Å². The highest BCUT2D eigenvalue weighted by molar-refractivity contribution is 6.30. The van der Waals surface area contributed by atoms with Crippen LogP contribution in [0.1, 0.15) is 18.1 Å². The Morgan fingerprint density at radius 3 is 2.22 bits per heavy atom. The summed E-state index contributed by atoms with van der Waals surface area (Å²) in [6.45, 7) is 2.67. The summed E-state index contributed by atoms with van der Waals surface area (Å²) in [5.74, 6) is 1.46. The third kappa shape index (κ3) is 4.63. The number of hydrogen-bond donors (Lipinski definition) is 1. The summed E-state index contributed by atoms with van der Waals surface area (Å²) >= 11 is 6.02. The molecule has 4 heteroatoms. The maximum absolute atomic E-state index is 6.02. The van der Waals surface area contributed by atoms with Gasteiger partial charge in [0.1, 0.15) is 5.84 Å². The average Bonchev–Trinajstić information content (AvgIpc) is 2.72. The molecule has 3 aromatic rings. The first-order valence-electron chi connectivity index (χ1n) is 8.94. The Hall–Kier alpha value is -2.91. The van der Waals surface area contributed by atoms with Gasteiger partial charge in [0.2, 0.25) is 0 Å². The molecule has 1 N–H and O–H groups in total. The summed E-state index contributed by atoms with van der Waals surface area (Å²) in [7, 11) is 1.86. The molecule has 0 aromatic heterocycles. The van der Waals surface area contributed by atoms with E-state index in [9.17, 15) is 0 Å². The first-order valence-corrected chi connectivity index (χ1v) is 9.32. The van der Waals surface area contributed by atoms with E-state index in [1.165, 1.54) is 0 Å². The van der Waals surface area contributed by atoms with Crippen molar-refractivity contribution in [2.45, 2.75) is 6.92 Å². The van der Waals surface area contributed by atoms with Crippen LogP contribution in [0.2, 0.25) is 5.02 Å². The van der Waals surface area contributed by atoms with Crippen molar-refractivity contribution in [3.63, 3.8) is 0 Å². The van der Waals surface area contributed by atoms with Crippen molar-refractivity contribution >= 4 is 23.3 Å². The molecule has 0 spiro atoms. The van der Waals surface area contributed by atoms with Crippen LogP contribution in [-0.2, 0) is 0 Å². The third-order valence-electron chi connectivity index (χ3n) is 4.13. The Kier molecular flexibility index (Phi) is 6.39. The predicted molar refractivity (Wildman–Crippen MR) is 116 cm³/mol. The maximum atomic E-state index is 6.02. The quantitative estimate of drug-likeness (QED) is 0.478. The normalized spacial score (nSPS) is 12.1. The van der Waals surface area contributed by atoms with Crippen molar-refractivity contribution in [1.82, 2.24) is 5.32 Å². The largest absolute Gasteiger partial charge is 0.373 e. The lowest BCUT2D eigenvalue weighted by Crippen LogP contribution is -2.21. The van der Waals surface area contributed by atoms with Gasteiger partial charge < -0.3 is 5.32 Å². The van der Waals surface area contributed by atoms with Gasteiger partial charge in [-0.3, -0.25) is 4.99 Å². The predicted octanol–water partition coefficient (Wildman–Crippen LogP) is 5.44. The first-order chi connectivity index (χ1) is 13.2. The zero-order chi connectivity index (χ0) is 19.1. The molecular weight excluding hydrogens is 354 g/mol. The summed E-state index contributed by atoms with van der Waals surface area (Å²) < 4.78 is 0. The van der Waals surface area contributed by atoms with E-state index in [4.69, 9.17) is 16.6 Å². The van der Waals surface area contributed by atoms with E-state index in [0.717, 1.165) is 28.1 Å². The molecule has 0 fully saturated rings.